The molecule has 2 aromatic carbocycles. The second-order valence-corrected chi connectivity index (χ2v) is 12.1. The molecule has 5 rings (SSSR count). The molecule has 1 aliphatic rings. The van der Waals surface area contributed by atoms with Crippen molar-refractivity contribution in [1.82, 2.24) is 9.30 Å². The molecule has 0 N–H and O–H groups in total. The van der Waals surface area contributed by atoms with Crippen molar-refractivity contribution in [2.45, 2.75) is 48.9 Å². The van der Waals surface area contributed by atoms with Crippen molar-refractivity contribution in [2.75, 3.05) is 33.9 Å². The summed E-state index contributed by atoms with van der Waals surface area (Å²) in [5.41, 5.74) is 4.09. The number of sulfone groups is 1. The zero-order valence-electron chi connectivity index (χ0n) is 23.0. The second-order valence-electron chi connectivity index (χ2n) is 10.2. The van der Waals surface area contributed by atoms with E-state index in [0.717, 1.165) is 49.5 Å². The molecule has 0 atom stereocenters. The van der Waals surface area contributed by atoms with E-state index in [9.17, 15) is 8.42 Å². The zero-order valence-corrected chi connectivity index (χ0v) is 23.8. The van der Waals surface area contributed by atoms with E-state index in [1.165, 1.54) is 11.1 Å². The molecule has 0 bridgehead atoms. The Morgan fingerprint density at radius 3 is 2.36 bits per heavy atom. The lowest BCUT2D eigenvalue weighted by molar-refractivity contribution is 0.220. The van der Waals surface area contributed by atoms with Gasteiger partial charge in [0.05, 0.1) is 31.2 Å². The first kappa shape index (κ1) is 27.1. The summed E-state index contributed by atoms with van der Waals surface area (Å²) < 4.78 is 46.1. The fraction of sp³-hybridized carbons (Fsp3) is 0.355. The Bertz CT molecular complexity index is 1560. The van der Waals surface area contributed by atoms with Gasteiger partial charge in [-0.25, -0.2) is 8.42 Å². The van der Waals surface area contributed by atoms with E-state index in [-0.39, 0.29) is 10.8 Å². The first-order valence-electron chi connectivity index (χ1n) is 13.4. The highest BCUT2D eigenvalue weighted by atomic mass is 32.2. The number of pyridine rings is 1. The van der Waals surface area contributed by atoms with Crippen molar-refractivity contribution in [1.29, 1.82) is 0 Å². The van der Waals surface area contributed by atoms with Gasteiger partial charge in [0.1, 0.15) is 10.6 Å². The van der Waals surface area contributed by atoms with Crippen LogP contribution in [0.15, 0.2) is 76.8 Å². The first-order chi connectivity index (χ1) is 18.8. The van der Waals surface area contributed by atoms with E-state index < -0.39 is 9.84 Å². The van der Waals surface area contributed by atoms with Crippen LogP contribution in [0.3, 0.4) is 0 Å². The third kappa shape index (κ3) is 5.49. The molecule has 2 aromatic heterocycles. The molecular formula is C31H36N2O5S. The number of ether oxygens (including phenoxy) is 3. The van der Waals surface area contributed by atoms with Crippen LogP contribution in [0, 0.1) is 0 Å². The van der Waals surface area contributed by atoms with Crippen LogP contribution in [0.4, 0.5) is 0 Å². The number of benzene rings is 2. The zero-order chi connectivity index (χ0) is 27.6. The smallest absolute Gasteiger partial charge is 0.209 e. The predicted octanol–water partition coefficient (Wildman–Crippen LogP) is 5.74. The van der Waals surface area contributed by atoms with Crippen LogP contribution < -0.4 is 14.2 Å². The van der Waals surface area contributed by atoms with Crippen molar-refractivity contribution in [3.05, 3.63) is 83.7 Å². The maximum atomic E-state index is 13.7. The van der Waals surface area contributed by atoms with Gasteiger partial charge in [-0.15, -0.1) is 0 Å². The fourth-order valence-electron chi connectivity index (χ4n) is 5.26. The number of hydrogen-bond acceptors (Lipinski definition) is 6. The highest BCUT2D eigenvalue weighted by Gasteiger charge is 2.27. The molecule has 0 unspecified atom stereocenters. The minimum Gasteiger partial charge on any atom is -0.494 e. The quantitative estimate of drug-likeness (QED) is 0.236. The van der Waals surface area contributed by atoms with Gasteiger partial charge < -0.3 is 18.6 Å². The molecule has 0 spiro atoms. The van der Waals surface area contributed by atoms with Crippen molar-refractivity contribution in [2.24, 2.45) is 0 Å². The van der Waals surface area contributed by atoms with Crippen LogP contribution in [0.2, 0.25) is 0 Å². The summed E-state index contributed by atoms with van der Waals surface area (Å²) in [6.45, 7) is 7.36. The highest BCUT2D eigenvalue weighted by Crippen LogP contribution is 2.35. The van der Waals surface area contributed by atoms with E-state index >= 15 is 0 Å². The molecule has 4 aromatic rings. The molecule has 0 amide bonds. The van der Waals surface area contributed by atoms with Crippen LogP contribution in [0.1, 0.15) is 42.9 Å². The van der Waals surface area contributed by atoms with E-state index in [2.05, 4.69) is 17.0 Å². The van der Waals surface area contributed by atoms with Crippen molar-refractivity contribution >= 4 is 15.4 Å². The summed E-state index contributed by atoms with van der Waals surface area (Å²) in [6, 6.07) is 16.6. The number of nitrogens with zero attached hydrogens (tertiary/aromatic N) is 2. The van der Waals surface area contributed by atoms with Gasteiger partial charge in [-0.1, -0.05) is 19.9 Å². The topological polar surface area (TPSA) is 69.5 Å². The molecule has 0 saturated carbocycles. The Morgan fingerprint density at radius 2 is 1.67 bits per heavy atom. The fourth-order valence-corrected chi connectivity index (χ4v) is 7.04. The molecular weight excluding hydrogens is 512 g/mol. The third-order valence-electron chi connectivity index (χ3n) is 7.37. The van der Waals surface area contributed by atoms with Crippen molar-refractivity contribution < 1.29 is 22.6 Å². The summed E-state index contributed by atoms with van der Waals surface area (Å²) in [6.07, 6.45) is 5.64. The average Bonchev–Trinajstić information content (AvgIpc) is 3.36. The number of hydrogen-bond donors (Lipinski definition) is 0. The van der Waals surface area contributed by atoms with Gasteiger partial charge in [-0.2, -0.15) is 0 Å². The van der Waals surface area contributed by atoms with Crippen LogP contribution in [-0.4, -0.2) is 51.6 Å². The Labute approximate surface area is 230 Å². The van der Waals surface area contributed by atoms with Crippen LogP contribution in [-0.2, 0) is 22.8 Å². The molecule has 7 nitrogen and oxygen atoms in total. The van der Waals surface area contributed by atoms with Crippen molar-refractivity contribution in [3.63, 3.8) is 0 Å². The minimum atomic E-state index is -3.69. The minimum absolute atomic E-state index is 0.0792. The van der Waals surface area contributed by atoms with Gasteiger partial charge in [0.25, 0.3) is 0 Å². The summed E-state index contributed by atoms with van der Waals surface area (Å²) in [5, 5.41) is 0. The largest absolute Gasteiger partial charge is 0.494 e. The second kappa shape index (κ2) is 11.3. The van der Waals surface area contributed by atoms with E-state index in [0.29, 0.717) is 22.8 Å². The Balaban J connectivity index is 1.20. The van der Waals surface area contributed by atoms with Gasteiger partial charge >= 0.3 is 0 Å². The van der Waals surface area contributed by atoms with E-state index in [4.69, 9.17) is 14.2 Å². The summed E-state index contributed by atoms with van der Waals surface area (Å²) in [7, 11) is -0.360. The Kier molecular flexibility index (Phi) is 7.86. The van der Waals surface area contributed by atoms with Gasteiger partial charge in [0.15, 0.2) is 11.5 Å². The molecule has 8 heteroatoms. The summed E-state index contributed by atoms with van der Waals surface area (Å²) >= 11 is 0. The summed E-state index contributed by atoms with van der Waals surface area (Å²) in [4.78, 5) is 3.07. The SMILES string of the molecule is COc1cc2c(cc1OC)CN(CCCOc1ccc(S(=O)(=O)c3c(C(C)C)cn4ccccc34)cc1)CC2. The lowest BCUT2D eigenvalue weighted by Crippen LogP contribution is -2.32. The number of methoxy groups -OCH3 is 2. The number of fused-ring (bicyclic) bond motifs is 2. The lowest BCUT2D eigenvalue weighted by atomic mass is 9.98. The van der Waals surface area contributed by atoms with Crippen LogP contribution in [0.5, 0.6) is 17.2 Å². The summed E-state index contributed by atoms with van der Waals surface area (Å²) in [5.74, 6) is 2.29. The maximum Gasteiger partial charge on any atom is 0.209 e. The normalized spacial score (nSPS) is 14.0. The molecule has 0 radical (unpaired) electrons. The van der Waals surface area contributed by atoms with Crippen LogP contribution in [0.25, 0.3) is 5.52 Å². The average molecular weight is 549 g/mol. The maximum absolute atomic E-state index is 13.7. The predicted molar refractivity (Wildman–Crippen MR) is 152 cm³/mol. The molecule has 0 aliphatic carbocycles. The Morgan fingerprint density at radius 1 is 0.949 bits per heavy atom. The Hall–Kier alpha value is -3.49. The molecule has 3 heterocycles. The van der Waals surface area contributed by atoms with Gasteiger partial charge in [-0.05, 0) is 84.0 Å². The highest BCUT2D eigenvalue weighted by molar-refractivity contribution is 7.91. The van der Waals surface area contributed by atoms with Gasteiger partial charge in [0, 0.05) is 32.0 Å². The molecule has 39 heavy (non-hydrogen) atoms. The lowest BCUT2D eigenvalue weighted by Gasteiger charge is -2.29. The number of aromatic nitrogens is 1. The molecule has 206 valence electrons. The van der Waals surface area contributed by atoms with Gasteiger partial charge in [0.2, 0.25) is 9.84 Å². The van der Waals surface area contributed by atoms with E-state index in [1.54, 1.807) is 38.5 Å². The van der Waals surface area contributed by atoms with Crippen LogP contribution >= 0.6 is 0 Å². The third-order valence-corrected chi connectivity index (χ3v) is 9.25. The molecule has 1 aliphatic heterocycles. The molecule has 0 saturated heterocycles. The molecule has 0 fully saturated rings. The van der Waals surface area contributed by atoms with Crippen molar-refractivity contribution in [3.8, 4) is 17.2 Å². The first-order valence-corrected chi connectivity index (χ1v) is 14.8. The van der Waals surface area contributed by atoms with Gasteiger partial charge in [-0.3, -0.25) is 4.90 Å². The monoisotopic (exact) mass is 548 g/mol. The van der Waals surface area contributed by atoms with E-state index in [1.807, 2.05) is 48.8 Å². The number of rotatable bonds is 10. The standard InChI is InChI=1S/C31H36N2O5S/c1-22(2)27-21-33-15-6-5-8-28(33)31(27)39(34,35)26-11-9-25(10-12-26)38-17-7-14-32-16-13-23-18-29(36-3)30(37-4)19-24(23)20-32/h5-6,8-12,15,18-19,21-22H,7,13-14,16-17,20H2,1-4H3.